The van der Waals surface area contributed by atoms with Gasteiger partial charge in [-0.1, -0.05) is 37.1 Å². The lowest BCUT2D eigenvalue weighted by atomic mass is 10.1. The maximum absolute atomic E-state index is 12.1. The molecular weight excluding hydrogens is 250 g/mol. The summed E-state index contributed by atoms with van der Waals surface area (Å²) in [4.78, 5) is 14.0. The molecule has 0 unspecified atom stereocenters. The Balaban J connectivity index is 1.80. The highest BCUT2D eigenvalue weighted by atomic mass is 16.2. The van der Waals surface area contributed by atoms with Crippen LogP contribution in [0.5, 0.6) is 0 Å². The molecule has 3 N–H and O–H groups in total. The zero-order valence-electron chi connectivity index (χ0n) is 12.1. The number of carbonyl (C=O) groups excluding carboxylic acids is 1. The number of carbonyl (C=O) groups is 1. The van der Waals surface area contributed by atoms with Crippen LogP contribution in [-0.4, -0.2) is 30.6 Å². The fourth-order valence-corrected chi connectivity index (χ4v) is 2.55. The van der Waals surface area contributed by atoms with Gasteiger partial charge in [0.25, 0.3) is 0 Å². The molecule has 1 aliphatic heterocycles. The maximum Gasteiger partial charge on any atom is 0.317 e. The molecular formula is C16H25N3O. The van der Waals surface area contributed by atoms with Gasteiger partial charge in [0.15, 0.2) is 0 Å². The van der Waals surface area contributed by atoms with Gasteiger partial charge in [-0.05, 0) is 36.9 Å². The summed E-state index contributed by atoms with van der Waals surface area (Å²) in [5.74, 6) is 0. The Labute approximate surface area is 121 Å². The van der Waals surface area contributed by atoms with Gasteiger partial charge in [-0.3, -0.25) is 0 Å². The minimum atomic E-state index is 0.0675. The number of likely N-dealkylation sites (tertiary alicyclic amines) is 1. The second-order valence-electron chi connectivity index (χ2n) is 5.42. The van der Waals surface area contributed by atoms with E-state index in [1.165, 1.54) is 18.4 Å². The fourth-order valence-electron chi connectivity index (χ4n) is 2.55. The van der Waals surface area contributed by atoms with Crippen LogP contribution in [0.25, 0.3) is 0 Å². The molecule has 1 aromatic carbocycles. The number of benzene rings is 1. The summed E-state index contributed by atoms with van der Waals surface area (Å²) in [6.07, 6.45) is 5.64. The number of hydrogen-bond acceptors (Lipinski definition) is 2. The summed E-state index contributed by atoms with van der Waals surface area (Å²) in [5, 5.41) is 3.01. The largest absolute Gasteiger partial charge is 0.334 e. The molecule has 1 fully saturated rings. The first-order valence-electron chi connectivity index (χ1n) is 7.60. The van der Waals surface area contributed by atoms with Crippen molar-refractivity contribution in [2.45, 2.75) is 38.6 Å². The van der Waals surface area contributed by atoms with Crippen LogP contribution in [0.2, 0.25) is 0 Å². The molecule has 2 amide bonds. The topological polar surface area (TPSA) is 58.4 Å². The van der Waals surface area contributed by atoms with Crippen molar-refractivity contribution in [1.82, 2.24) is 10.2 Å². The molecule has 1 aliphatic rings. The lowest BCUT2D eigenvalue weighted by Gasteiger charge is -2.20. The molecule has 0 bridgehead atoms. The zero-order chi connectivity index (χ0) is 14.2. The van der Waals surface area contributed by atoms with Crippen LogP contribution in [0.3, 0.4) is 0 Å². The Kier molecular flexibility index (Phi) is 5.87. The van der Waals surface area contributed by atoms with E-state index < -0.39 is 0 Å². The van der Waals surface area contributed by atoms with E-state index in [9.17, 15) is 4.79 Å². The normalized spacial score (nSPS) is 15.8. The van der Waals surface area contributed by atoms with Crippen LogP contribution >= 0.6 is 0 Å². The summed E-state index contributed by atoms with van der Waals surface area (Å²) >= 11 is 0. The van der Waals surface area contributed by atoms with Gasteiger partial charge in [-0.25, -0.2) is 4.79 Å². The molecule has 0 aromatic heterocycles. The average Bonchev–Trinajstić information content (AvgIpc) is 2.76. The average molecular weight is 275 g/mol. The number of nitrogens with one attached hydrogen (secondary N) is 1. The molecule has 0 saturated carbocycles. The van der Waals surface area contributed by atoms with Crippen molar-refractivity contribution in [2.75, 3.05) is 19.6 Å². The number of hydrogen-bond donors (Lipinski definition) is 2. The molecule has 4 nitrogen and oxygen atoms in total. The smallest absolute Gasteiger partial charge is 0.317 e. The Morgan fingerprint density at radius 1 is 1.05 bits per heavy atom. The monoisotopic (exact) mass is 275 g/mol. The van der Waals surface area contributed by atoms with Gasteiger partial charge in [0.2, 0.25) is 0 Å². The van der Waals surface area contributed by atoms with Gasteiger partial charge in [-0.15, -0.1) is 0 Å². The van der Waals surface area contributed by atoms with E-state index in [1.807, 2.05) is 4.90 Å². The van der Waals surface area contributed by atoms with Gasteiger partial charge in [0.05, 0.1) is 0 Å². The first kappa shape index (κ1) is 14.9. The Bertz CT molecular complexity index is 408. The number of rotatable bonds is 4. The van der Waals surface area contributed by atoms with E-state index in [0.29, 0.717) is 13.1 Å². The van der Waals surface area contributed by atoms with E-state index >= 15 is 0 Å². The van der Waals surface area contributed by atoms with Crippen molar-refractivity contribution in [3.05, 3.63) is 35.4 Å². The molecule has 110 valence electrons. The number of nitrogens with zero attached hydrogens (tertiary/aromatic N) is 1. The number of amides is 2. The van der Waals surface area contributed by atoms with Gasteiger partial charge >= 0.3 is 6.03 Å². The SMILES string of the molecule is NCCc1ccc(CNC(=O)N2CCCCCC2)cc1. The molecule has 0 radical (unpaired) electrons. The predicted octanol–water partition coefficient (Wildman–Crippen LogP) is 2.27. The quantitative estimate of drug-likeness (QED) is 0.885. The lowest BCUT2D eigenvalue weighted by Crippen LogP contribution is -2.40. The van der Waals surface area contributed by atoms with E-state index in [0.717, 1.165) is 37.9 Å². The molecule has 0 atom stereocenters. The standard InChI is InChI=1S/C16H25N3O/c17-10-9-14-5-7-15(8-6-14)13-18-16(20)19-11-3-1-2-4-12-19/h5-8H,1-4,9-13,17H2,(H,18,20). The molecule has 0 spiro atoms. The van der Waals surface area contributed by atoms with Crippen molar-refractivity contribution < 1.29 is 4.79 Å². The highest BCUT2D eigenvalue weighted by Gasteiger charge is 2.14. The molecule has 1 aromatic rings. The Hall–Kier alpha value is -1.55. The van der Waals surface area contributed by atoms with Crippen LogP contribution in [0, 0.1) is 0 Å². The predicted molar refractivity (Wildman–Crippen MR) is 81.5 cm³/mol. The van der Waals surface area contributed by atoms with Crippen LogP contribution in [0.4, 0.5) is 4.79 Å². The van der Waals surface area contributed by atoms with Gasteiger partial charge in [0, 0.05) is 19.6 Å². The second-order valence-corrected chi connectivity index (χ2v) is 5.42. The summed E-state index contributed by atoms with van der Waals surface area (Å²) in [6.45, 7) is 3.05. The zero-order valence-corrected chi connectivity index (χ0v) is 12.1. The summed E-state index contributed by atoms with van der Waals surface area (Å²) < 4.78 is 0. The van der Waals surface area contributed by atoms with E-state index in [-0.39, 0.29) is 6.03 Å². The molecule has 2 rings (SSSR count). The van der Waals surface area contributed by atoms with Crippen molar-refractivity contribution in [3.63, 3.8) is 0 Å². The fraction of sp³-hybridized carbons (Fsp3) is 0.562. The van der Waals surface area contributed by atoms with Crippen molar-refractivity contribution in [2.24, 2.45) is 5.73 Å². The first-order valence-corrected chi connectivity index (χ1v) is 7.60. The minimum Gasteiger partial charge on any atom is -0.334 e. The third kappa shape index (κ3) is 4.53. The summed E-state index contributed by atoms with van der Waals surface area (Å²) in [5.41, 5.74) is 7.91. The second kappa shape index (κ2) is 7.90. The van der Waals surface area contributed by atoms with Crippen LogP contribution in [0.15, 0.2) is 24.3 Å². The molecule has 0 aliphatic carbocycles. The van der Waals surface area contributed by atoms with Crippen molar-refractivity contribution in [1.29, 1.82) is 0 Å². The van der Waals surface area contributed by atoms with E-state index in [2.05, 4.69) is 29.6 Å². The van der Waals surface area contributed by atoms with Crippen LogP contribution in [0.1, 0.15) is 36.8 Å². The lowest BCUT2D eigenvalue weighted by molar-refractivity contribution is 0.199. The van der Waals surface area contributed by atoms with Gasteiger partial charge in [-0.2, -0.15) is 0 Å². The maximum atomic E-state index is 12.1. The highest BCUT2D eigenvalue weighted by molar-refractivity contribution is 5.74. The van der Waals surface area contributed by atoms with Crippen LogP contribution < -0.4 is 11.1 Å². The van der Waals surface area contributed by atoms with Gasteiger partial charge in [0.1, 0.15) is 0 Å². The molecule has 1 heterocycles. The minimum absolute atomic E-state index is 0.0675. The number of urea groups is 1. The Morgan fingerprint density at radius 3 is 2.25 bits per heavy atom. The van der Waals surface area contributed by atoms with Crippen molar-refractivity contribution >= 4 is 6.03 Å². The van der Waals surface area contributed by atoms with Crippen LogP contribution in [-0.2, 0) is 13.0 Å². The summed E-state index contributed by atoms with van der Waals surface area (Å²) in [7, 11) is 0. The number of nitrogens with two attached hydrogens (primary N) is 1. The van der Waals surface area contributed by atoms with Gasteiger partial charge < -0.3 is 16.0 Å². The Morgan fingerprint density at radius 2 is 1.65 bits per heavy atom. The molecule has 4 heteroatoms. The first-order chi connectivity index (χ1) is 9.79. The third-order valence-electron chi connectivity index (χ3n) is 3.79. The highest BCUT2D eigenvalue weighted by Crippen LogP contribution is 2.10. The third-order valence-corrected chi connectivity index (χ3v) is 3.79. The molecule has 20 heavy (non-hydrogen) atoms. The molecule has 1 saturated heterocycles. The van der Waals surface area contributed by atoms with E-state index in [4.69, 9.17) is 5.73 Å². The van der Waals surface area contributed by atoms with Crippen molar-refractivity contribution in [3.8, 4) is 0 Å². The summed E-state index contributed by atoms with van der Waals surface area (Å²) in [6, 6.07) is 8.36. The van der Waals surface area contributed by atoms with E-state index in [1.54, 1.807) is 0 Å².